The fourth-order valence-electron chi connectivity index (χ4n) is 2.29. The van der Waals surface area contributed by atoms with E-state index in [0.29, 0.717) is 11.6 Å². The van der Waals surface area contributed by atoms with Crippen molar-refractivity contribution in [3.8, 4) is 0 Å². The van der Waals surface area contributed by atoms with Crippen LogP contribution in [0, 0.1) is 5.92 Å². The first kappa shape index (κ1) is 14.0. The lowest BCUT2D eigenvalue weighted by molar-refractivity contribution is 0.0932. The lowest BCUT2D eigenvalue weighted by Gasteiger charge is -2.40. The van der Waals surface area contributed by atoms with Crippen LogP contribution in [0.2, 0.25) is 0 Å². The Balaban J connectivity index is 4.17. The molecule has 1 atom stereocenters. The SMILES string of the molecule is CCC[C@@H](C)CC(C)(C)N(C)C(C)C. The van der Waals surface area contributed by atoms with E-state index in [4.69, 9.17) is 0 Å². The Morgan fingerprint density at radius 3 is 2.00 bits per heavy atom. The van der Waals surface area contributed by atoms with Crippen LogP contribution in [0.25, 0.3) is 0 Å². The molecule has 0 rings (SSSR count). The molecule has 0 aromatic rings. The predicted molar refractivity (Wildman–Crippen MR) is 65.7 cm³/mol. The van der Waals surface area contributed by atoms with E-state index in [0.717, 1.165) is 5.92 Å². The van der Waals surface area contributed by atoms with Crippen molar-refractivity contribution in [1.29, 1.82) is 0 Å². The summed E-state index contributed by atoms with van der Waals surface area (Å²) in [5.41, 5.74) is 0.336. The highest BCUT2D eigenvalue weighted by Crippen LogP contribution is 2.26. The molecular formula is C13H29N. The van der Waals surface area contributed by atoms with Crippen LogP contribution in [-0.2, 0) is 0 Å². The van der Waals surface area contributed by atoms with E-state index < -0.39 is 0 Å². The molecule has 0 amide bonds. The lowest BCUT2D eigenvalue weighted by Crippen LogP contribution is -2.46. The molecule has 1 nitrogen and oxygen atoms in total. The van der Waals surface area contributed by atoms with E-state index >= 15 is 0 Å². The van der Waals surface area contributed by atoms with Gasteiger partial charge in [0.2, 0.25) is 0 Å². The molecule has 0 aliphatic carbocycles. The average molecular weight is 199 g/mol. The molecule has 0 aromatic carbocycles. The summed E-state index contributed by atoms with van der Waals surface area (Å²) in [5, 5.41) is 0. The fraction of sp³-hybridized carbons (Fsp3) is 1.00. The van der Waals surface area contributed by atoms with Gasteiger partial charge in [-0.2, -0.15) is 0 Å². The third-order valence-electron chi connectivity index (χ3n) is 3.36. The molecule has 0 bridgehead atoms. The van der Waals surface area contributed by atoms with Crippen molar-refractivity contribution in [2.24, 2.45) is 5.92 Å². The maximum absolute atomic E-state index is 2.49. The second-order valence-electron chi connectivity index (χ2n) is 5.62. The molecule has 0 N–H and O–H groups in total. The Morgan fingerprint density at radius 1 is 1.14 bits per heavy atom. The Hall–Kier alpha value is -0.0400. The number of rotatable bonds is 6. The van der Waals surface area contributed by atoms with Gasteiger partial charge in [-0.25, -0.2) is 0 Å². The normalized spacial score (nSPS) is 15.2. The number of nitrogens with zero attached hydrogens (tertiary/aromatic N) is 1. The van der Waals surface area contributed by atoms with Gasteiger partial charge >= 0.3 is 0 Å². The molecular weight excluding hydrogens is 170 g/mol. The molecule has 0 aromatic heterocycles. The van der Waals surface area contributed by atoms with E-state index in [1.54, 1.807) is 0 Å². The topological polar surface area (TPSA) is 3.24 Å². The molecule has 1 heteroatoms. The highest BCUT2D eigenvalue weighted by molar-refractivity contribution is 4.82. The van der Waals surface area contributed by atoms with Gasteiger partial charge in [0.15, 0.2) is 0 Å². The molecule has 0 aliphatic rings. The zero-order valence-electron chi connectivity index (χ0n) is 11.2. The minimum atomic E-state index is 0.336. The zero-order chi connectivity index (χ0) is 11.4. The van der Waals surface area contributed by atoms with Crippen molar-refractivity contribution in [1.82, 2.24) is 4.90 Å². The van der Waals surface area contributed by atoms with Crippen molar-refractivity contribution in [2.45, 2.75) is 72.4 Å². The lowest BCUT2D eigenvalue weighted by atomic mass is 9.87. The standard InChI is InChI=1S/C13H29N/c1-8-9-12(4)10-13(5,6)14(7)11(2)3/h11-12H,8-10H2,1-7H3/t12-/m1/s1. The van der Waals surface area contributed by atoms with E-state index in [-0.39, 0.29) is 0 Å². The van der Waals surface area contributed by atoms with Crippen molar-refractivity contribution in [3.63, 3.8) is 0 Å². The Morgan fingerprint density at radius 2 is 1.64 bits per heavy atom. The maximum Gasteiger partial charge on any atom is 0.0155 e. The van der Waals surface area contributed by atoms with Gasteiger partial charge in [0.05, 0.1) is 0 Å². The van der Waals surface area contributed by atoms with Gasteiger partial charge in [-0.15, -0.1) is 0 Å². The van der Waals surface area contributed by atoms with Crippen molar-refractivity contribution in [3.05, 3.63) is 0 Å². The zero-order valence-corrected chi connectivity index (χ0v) is 11.2. The van der Waals surface area contributed by atoms with Gasteiger partial charge in [-0.05, 0) is 47.1 Å². The quantitative estimate of drug-likeness (QED) is 0.626. The number of hydrogen-bond donors (Lipinski definition) is 0. The summed E-state index contributed by atoms with van der Waals surface area (Å²) >= 11 is 0. The molecule has 0 spiro atoms. The van der Waals surface area contributed by atoms with Gasteiger partial charge < -0.3 is 0 Å². The molecule has 0 heterocycles. The highest BCUT2D eigenvalue weighted by Gasteiger charge is 2.26. The van der Waals surface area contributed by atoms with Crippen molar-refractivity contribution < 1.29 is 0 Å². The molecule has 0 saturated carbocycles. The monoisotopic (exact) mass is 199 g/mol. The average Bonchev–Trinajstić information content (AvgIpc) is 2.02. The fourth-order valence-corrected chi connectivity index (χ4v) is 2.29. The van der Waals surface area contributed by atoms with Crippen LogP contribution in [0.4, 0.5) is 0 Å². The van der Waals surface area contributed by atoms with Gasteiger partial charge in [0, 0.05) is 11.6 Å². The first-order valence-corrected chi connectivity index (χ1v) is 6.04. The molecule has 14 heavy (non-hydrogen) atoms. The molecule has 0 unspecified atom stereocenters. The van der Waals surface area contributed by atoms with Crippen LogP contribution in [0.15, 0.2) is 0 Å². The van der Waals surface area contributed by atoms with Crippen LogP contribution >= 0.6 is 0 Å². The Kier molecular flexibility index (Phi) is 5.73. The summed E-state index contributed by atoms with van der Waals surface area (Å²) in [6, 6.07) is 0.638. The maximum atomic E-state index is 2.49. The second-order valence-corrected chi connectivity index (χ2v) is 5.62. The van der Waals surface area contributed by atoms with Gasteiger partial charge in [0.1, 0.15) is 0 Å². The van der Waals surface area contributed by atoms with Gasteiger partial charge in [0.25, 0.3) is 0 Å². The summed E-state index contributed by atoms with van der Waals surface area (Å²) in [4.78, 5) is 2.49. The molecule has 0 fully saturated rings. The van der Waals surface area contributed by atoms with E-state index in [1.165, 1.54) is 19.3 Å². The molecule has 0 radical (unpaired) electrons. The van der Waals surface area contributed by atoms with E-state index in [2.05, 4.69) is 53.5 Å². The van der Waals surface area contributed by atoms with Crippen molar-refractivity contribution >= 4 is 0 Å². The van der Waals surface area contributed by atoms with Crippen molar-refractivity contribution in [2.75, 3.05) is 7.05 Å². The van der Waals surface area contributed by atoms with Crippen LogP contribution in [-0.4, -0.2) is 23.5 Å². The highest BCUT2D eigenvalue weighted by atomic mass is 15.2. The molecule has 86 valence electrons. The minimum absolute atomic E-state index is 0.336. The van der Waals surface area contributed by atoms with Crippen LogP contribution in [0.5, 0.6) is 0 Å². The van der Waals surface area contributed by atoms with Crippen LogP contribution < -0.4 is 0 Å². The molecule has 0 aliphatic heterocycles. The van der Waals surface area contributed by atoms with Crippen LogP contribution in [0.1, 0.15) is 60.8 Å². The first-order chi connectivity index (χ1) is 6.31. The van der Waals surface area contributed by atoms with E-state index in [9.17, 15) is 0 Å². The molecule has 0 saturated heterocycles. The third-order valence-corrected chi connectivity index (χ3v) is 3.36. The minimum Gasteiger partial charge on any atom is -0.299 e. The Bertz CT molecular complexity index is 149. The van der Waals surface area contributed by atoms with Crippen LogP contribution in [0.3, 0.4) is 0 Å². The predicted octanol–water partition coefficient (Wildman–Crippen LogP) is 3.93. The first-order valence-electron chi connectivity index (χ1n) is 6.04. The summed E-state index contributed by atoms with van der Waals surface area (Å²) in [5.74, 6) is 0.844. The second kappa shape index (κ2) is 5.75. The summed E-state index contributed by atoms with van der Waals surface area (Å²) in [6.45, 7) is 13.9. The summed E-state index contributed by atoms with van der Waals surface area (Å²) in [6.07, 6.45) is 3.97. The smallest absolute Gasteiger partial charge is 0.0155 e. The summed E-state index contributed by atoms with van der Waals surface area (Å²) in [7, 11) is 2.24. The Labute approximate surface area is 90.9 Å². The number of hydrogen-bond acceptors (Lipinski definition) is 1. The van der Waals surface area contributed by atoms with Gasteiger partial charge in [-0.3, -0.25) is 4.90 Å². The third kappa shape index (κ3) is 4.45. The summed E-state index contributed by atoms with van der Waals surface area (Å²) < 4.78 is 0. The largest absolute Gasteiger partial charge is 0.299 e. The van der Waals surface area contributed by atoms with Gasteiger partial charge in [-0.1, -0.05) is 26.7 Å². The van der Waals surface area contributed by atoms with E-state index in [1.807, 2.05) is 0 Å².